The zero-order chi connectivity index (χ0) is 15.1. The molecule has 20 heavy (non-hydrogen) atoms. The number of carbonyl (C=O) groups excluding carboxylic acids is 1. The molecule has 104 valence electrons. The van der Waals surface area contributed by atoms with Crippen molar-refractivity contribution in [3.63, 3.8) is 0 Å². The Morgan fingerprint density at radius 2 is 1.85 bits per heavy atom. The van der Waals surface area contributed by atoms with E-state index in [4.69, 9.17) is 16.3 Å². The summed E-state index contributed by atoms with van der Waals surface area (Å²) in [5, 5.41) is 17.2. The summed E-state index contributed by atoms with van der Waals surface area (Å²) in [5.74, 6) is -1.01. The molecule has 0 heterocycles. The van der Waals surface area contributed by atoms with Crippen LogP contribution in [-0.2, 0) is 0 Å². The lowest BCUT2D eigenvalue weighted by Crippen LogP contribution is -2.33. The predicted molar refractivity (Wildman–Crippen MR) is 74.9 cm³/mol. The normalized spacial score (nSPS) is 9.60. The lowest BCUT2D eigenvalue weighted by Gasteiger charge is -2.21. The van der Waals surface area contributed by atoms with Crippen molar-refractivity contribution in [2.45, 2.75) is 12.8 Å². The van der Waals surface area contributed by atoms with Crippen molar-refractivity contribution in [1.82, 2.24) is 4.90 Å². The van der Waals surface area contributed by atoms with Crippen LogP contribution < -0.4 is 5.73 Å². The van der Waals surface area contributed by atoms with Crippen molar-refractivity contribution in [3.8, 4) is 12.1 Å². The molecular formula is C13H12BrFN4O. The molecule has 0 aliphatic carbocycles. The van der Waals surface area contributed by atoms with E-state index in [1.807, 2.05) is 12.1 Å². The van der Waals surface area contributed by atoms with Gasteiger partial charge in [0, 0.05) is 17.6 Å². The Labute approximate surface area is 124 Å². The van der Waals surface area contributed by atoms with Crippen LogP contribution in [0.15, 0.2) is 16.6 Å². The highest BCUT2D eigenvalue weighted by molar-refractivity contribution is 9.10. The third-order valence-electron chi connectivity index (χ3n) is 2.59. The number of anilines is 1. The van der Waals surface area contributed by atoms with Gasteiger partial charge in [-0.15, -0.1) is 0 Å². The lowest BCUT2D eigenvalue weighted by atomic mass is 10.1. The molecule has 7 heteroatoms. The zero-order valence-corrected chi connectivity index (χ0v) is 12.2. The Kier molecular flexibility index (Phi) is 5.95. The average Bonchev–Trinajstić information content (AvgIpc) is 2.42. The minimum Gasteiger partial charge on any atom is -0.396 e. The van der Waals surface area contributed by atoms with Crippen LogP contribution in [0.3, 0.4) is 0 Å². The van der Waals surface area contributed by atoms with E-state index >= 15 is 0 Å². The van der Waals surface area contributed by atoms with E-state index in [-0.39, 0.29) is 41.7 Å². The van der Waals surface area contributed by atoms with E-state index in [0.29, 0.717) is 0 Å². The number of nitriles is 2. The minimum atomic E-state index is -0.617. The largest absolute Gasteiger partial charge is 0.396 e. The van der Waals surface area contributed by atoms with Gasteiger partial charge in [0.25, 0.3) is 5.91 Å². The topological polar surface area (TPSA) is 93.9 Å². The molecule has 0 spiro atoms. The molecule has 5 nitrogen and oxygen atoms in total. The third-order valence-corrected chi connectivity index (χ3v) is 3.25. The lowest BCUT2D eigenvalue weighted by molar-refractivity contribution is 0.0761. The summed E-state index contributed by atoms with van der Waals surface area (Å²) >= 11 is 3.11. The highest BCUT2D eigenvalue weighted by atomic mass is 79.9. The van der Waals surface area contributed by atoms with Gasteiger partial charge in [0.15, 0.2) is 0 Å². The fourth-order valence-electron chi connectivity index (χ4n) is 1.58. The predicted octanol–water partition coefficient (Wildman–Crippen LogP) is 2.44. The standard InChI is InChI=1S/C13H12BrFN4O/c14-10-8-11(15)12(18)7-9(10)13(20)19(5-1-3-16)6-2-4-17/h7-8H,1-2,5-6,18H2. The fourth-order valence-corrected chi connectivity index (χ4v) is 2.07. The minimum absolute atomic E-state index is 0.128. The first-order valence-corrected chi connectivity index (χ1v) is 6.58. The molecule has 1 aromatic carbocycles. The molecule has 0 fully saturated rings. The molecule has 0 aliphatic heterocycles. The van der Waals surface area contributed by atoms with Crippen molar-refractivity contribution in [2.24, 2.45) is 0 Å². The van der Waals surface area contributed by atoms with Gasteiger partial charge in [0.05, 0.1) is 36.2 Å². The molecule has 2 N–H and O–H groups in total. The molecule has 0 saturated heterocycles. The highest BCUT2D eigenvalue weighted by Gasteiger charge is 2.19. The molecule has 0 aliphatic rings. The number of halogens is 2. The Bertz CT molecular complexity index is 573. The first kappa shape index (κ1) is 15.9. The van der Waals surface area contributed by atoms with E-state index in [9.17, 15) is 9.18 Å². The SMILES string of the molecule is N#CCCN(CCC#N)C(=O)c1cc(N)c(F)cc1Br. The molecule has 1 rings (SSSR count). The molecule has 0 radical (unpaired) electrons. The number of carbonyl (C=O) groups is 1. The molecular weight excluding hydrogens is 327 g/mol. The van der Waals surface area contributed by atoms with Crippen LogP contribution in [0.5, 0.6) is 0 Å². The van der Waals surface area contributed by atoms with Crippen molar-refractivity contribution in [3.05, 3.63) is 28.0 Å². The number of hydrogen-bond donors (Lipinski definition) is 1. The molecule has 1 amide bonds. The Morgan fingerprint density at radius 1 is 1.30 bits per heavy atom. The van der Waals surface area contributed by atoms with Crippen molar-refractivity contribution < 1.29 is 9.18 Å². The first-order chi connectivity index (χ1) is 9.51. The second kappa shape index (κ2) is 7.46. The van der Waals surface area contributed by atoms with Gasteiger partial charge in [0.1, 0.15) is 5.82 Å². The number of nitrogen functional groups attached to an aromatic ring is 1. The van der Waals surface area contributed by atoms with E-state index in [2.05, 4.69) is 15.9 Å². The van der Waals surface area contributed by atoms with Crippen LogP contribution in [0.2, 0.25) is 0 Å². The van der Waals surface area contributed by atoms with Gasteiger partial charge in [-0.3, -0.25) is 4.79 Å². The van der Waals surface area contributed by atoms with Crippen LogP contribution in [0.4, 0.5) is 10.1 Å². The first-order valence-electron chi connectivity index (χ1n) is 5.79. The smallest absolute Gasteiger partial charge is 0.255 e. The van der Waals surface area contributed by atoms with Gasteiger partial charge in [-0.05, 0) is 28.1 Å². The second-order valence-electron chi connectivity index (χ2n) is 3.96. The monoisotopic (exact) mass is 338 g/mol. The quantitative estimate of drug-likeness (QED) is 0.834. The molecule has 0 saturated carbocycles. The molecule has 0 aromatic heterocycles. The molecule has 0 atom stereocenters. The van der Waals surface area contributed by atoms with Crippen LogP contribution >= 0.6 is 15.9 Å². The summed E-state index contributed by atoms with van der Waals surface area (Å²) in [6.07, 6.45) is 0.316. The van der Waals surface area contributed by atoms with E-state index in [1.54, 1.807) is 0 Å². The molecule has 0 unspecified atom stereocenters. The van der Waals surface area contributed by atoms with Crippen molar-refractivity contribution >= 4 is 27.5 Å². The summed E-state index contributed by atoms with van der Waals surface area (Å²) in [4.78, 5) is 13.7. The fraction of sp³-hybridized carbons (Fsp3) is 0.308. The van der Waals surface area contributed by atoms with E-state index < -0.39 is 11.7 Å². The second-order valence-corrected chi connectivity index (χ2v) is 4.82. The van der Waals surface area contributed by atoms with E-state index in [1.165, 1.54) is 11.0 Å². The summed E-state index contributed by atoms with van der Waals surface area (Å²) in [6.45, 7) is 0.418. The van der Waals surface area contributed by atoms with Crippen LogP contribution in [0, 0.1) is 28.5 Å². The van der Waals surface area contributed by atoms with Gasteiger partial charge in [-0.1, -0.05) is 0 Å². The number of benzene rings is 1. The summed E-state index contributed by atoms with van der Waals surface area (Å²) in [7, 11) is 0. The number of amides is 1. The number of rotatable bonds is 5. The average molecular weight is 339 g/mol. The molecule has 1 aromatic rings. The number of nitrogens with zero attached hydrogens (tertiary/aromatic N) is 3. The van der Waals surface area contributed by atoms with Gasteiger partial charge >= 0.3 is 0 Å². The summed E-state index contributed by atoms with van der Waals surface area (Å²) < 4.78 is 13.5. The van der Waals surface area contributed by atoms with Crippen LogP contribution in [-0.4, -0.2) is 23.9 Å². The van der Waals surface area contributed by atoms with Gasteiger partial charge in [-0.25, -0.2) is 4.39 Å². The van der Waals surface area contributed by atoms with Gasteiger partial charge in [0.2, 0.25) is 0 Å². The maximum absolute atomic E-state index is 13.3. The van der Waals surface area contributed by atoms with Crippen LogP contribution in [0.1, 0.15) is 23.2 Å². The highest BCUT2D eigenvalue weighted by Crippen LogP contribution is 2.24. The van der Waals surface area contributed by atoms with Gasteiger partial charge < -0.3 is 10.6 Å². The number of nitrogens with two attached hydrogens (primary N) is 1. The Balaban J connectivity index is 3.02. The maximum Gasteiger partial charge on any atom is 0.255 e. The summed E-state index contributed by atoms with van der Waals surface area (Å²) in [6, 6.07) is 6.25. The third kappa shape index (κ3) is 3.94. The number of hydrogen-bond acceptors (Lipinski definition) is 4. The van der Waals surface area contributed by atoms with Crippen LogP contribution in [0.25, 0.3) is 0 Å². The van der Waals surface area contributed by atoms with Gasteiger partial charge in [-0.2, -0.15) is 10.5 Å². The van der Waals surface area contributed by atoms with Crippen molar-refractivity contribution in [1.29, 1.82) is 10.5 Å². The zero-order valence-electron chi connectivity index (χ0n) is 10.6. The maximum atomic E-state index is 13.3. The summed E-state index contributed by atoms with van der Waals surface area (Å²) in [5.41, 5.74) is 5.54. The Morgan fingerprint density at radius 3 is 2.35 bits per heavy atom. The molecule has 0 bridgehead atoms. The van der Waals surface area contributed by atoms with Crippen molar-refractivity contribution in [2.75, 3.05) is 18.8 Å². The van der Waals surface area contributed by atoms with E-state index in [0.717, 1.165) is 6.07 Å². The Hall–Kier alpha value is -2.12.